The molecule has 0 spiro atoms. The summed E-state index contributed by atoms with van der Waals surface area (Å²) in [5, 5.41) is 0. The molecule has 0 heterocycles. The Morgan fingerprint density at radius 2 is 1.61 bits per heavy atom. The first kappa shape index (κ1) is 19.4. The molecule has 6 heteroatoms. The summed E-state index contributed by atoms with van der Waals surface area (Å²) in [6.07, 6.45) is 0.609. The van der Waals surface area contributed by atoms with Crippen molar-refractivity contribution < 1.29 is 28.5 Å². The van der Waals surface area contributed by atoms with Gasteiger partial charge in [-0.25, -0.2) is 4.79 Å². The van der Waals surface area contributed by atoms with E-state index in [9.17, 15) is 4.79 Å². The smallest absolute Gasteiger partial charge is 0.337 e. The highest BCUT2D eigenvalue weighted by Crippen LogP contribution is 2.14. The standard InChI is InChI=1S/C17H26O6/c1-4-9-20-10-11-21-12-13-22-14(2)23-16-7-5-15(6-8-16)17(18)19-3/h5-8,14H,4,9-13H2,1-3H3. The second kappa shape index (κ2) is 11.9. The largest absolute Gasteiger partial charge is 0.465 e. The maximum atomic E-state index is 11.3. The average molecular weight is 326 g/mol. The minimum absolute atomic E-state index is 0.374. The van der Waals surface area contributed by atoms with E-state index in [1.54, 1.807) is 31.2 Å². The van der Waals surface area contributed by atoms with Crippen molar-refractivity contribution in [2.45, 2.75) is 26.6 Å². The van der Waals surface area contributed by atoms with Crippen LogP contribution in [0, 0.1) is 0 Å². The van der Waals surface area contributed by atoms with Crippen molar-refractivity contribution in [1.29, 1.82) is 0 Å². The van der Waals surface area contributed by atoms with Gasteiger partial charge in [0.1, 0.15) is 5.75 Å². The Labute approximate surface area is 137 Å². The van der Waals surface area contributed by atoms with Gasteiger partial charge >= 0.3 is 5.97 Å². The van der Waals surface area contributed by atoms with Crippen LogP contribution in [0.25, 0.3) is 0 Å². The molecule has 1 atom stereocenters. The summed E-state index contributed by atoms with van der Waals surface area (Å²) in [6.45, 7) is 6.73. The Kier molecular flexibility index (Phi) is 10.0. The molecule has 0 fully saturated rings. The molecule has 0 aliphatic heterocycles. The number of esters is 1. The molecule has 0 aliphatic rings. The topological polar surface area (TPSA) is 63.2 Å². The monoisotopic (exact) mass is 326 g/mol. The van der Waals surface area contributed by atoms with Crippen molar-refractivity contribution in [3.05, 3.63) is 29.8 Å². The molecule has 0 aromatic heterocycles. The summed E-state index contributed by atoms with van der Waals surface area (Å²) < 4.78 is 26.4. The van der Waals surface area contributed by atoms with Gasteiger partial charge in [0, 0.05) is 6.61 Å². The molecule has 0 N–H and O–H groups in total. The fraction of sp³-hybridized carbons (Fsp3) is 0.588. The lowest BCUT2D eigenvalue weighted by molar-refractivity contribution is -0.0860. The fourth-order valence-electron chi connectivity index (χ4n) is 1.75. The molecule has 0 radical (unpaired) electrons. The molecule has 23 heavy (non-hydrogen) atoms. The molecule has 1 aromatic carbocycles. The maximum Gasteiger partial charge on any atom is 0.337 e. The molecule has 0 saturated heterocycles. The van der Waals surface area contributed by atoms with Crippen LogP contribution in [0.15, 0.2) is 24.3 Å². The van der Waals surface area contributed by atoms with Gasteiger partial charge < -0.3 is 23.7 Å². The van der Waals surface area contributed by atoms with Crippen LogP contribution < -0.4 is 4.74 Å². The van der Waals surface area contributed by atoms with E-state index < -0.39 is 6.29 Å². The molecule has 1 rings (SSSR count). The van der Waals surface area contributed by atoms with Gasteiger partial charge in [-0.15, -0.1) is 0 Å². The van der Waals surface area contributed by atoms with Gasteiger partial charge in [0.15, 0.2) is 6.29 Å². The van der Waals surface area contributed by atoms with Gasteiger partial charge in [-0.2, -0.15) is 0 Å². The summed E-state index contributed by atoms with van der Waals surface area (Å²) in [6, 6.07) is 6.70. The highest BCUT2D eigenvalue weighted by atomic mass is 16.7. The van der Waals surface area contributed by atoms with Crippen LogP contribution in [0.3, 0.4) is 0 Å². The van der Waals surface area contributed by atoms with Crippen LogP contribution in [-0.4, -0.2) is 52.4 Å². The van der Waals surface area contributed by atoms with Crippen LogP contribution in [0.2, 0.25) is 0 Å². The van der Waals surface area contributed by atoms with E-state index in [1.165, 1.54) is 7.11 Å². The van der Waals surface area contributed by atoms with Crippen molar-refractivity contribution in [2.75, 3.05) is 40.1 Å². The van der Waals surface area contributed by atoms with Crippen molar-refractivity contribution in [2.24, 2.45) is 0 Å². The SMILES string of the molecule is CCCOCCOCCOC(C)Oc1ccc(C(=O)OC)cc1. The Hall–Kier alpha value is -1.63. The Bertz CT molecular complexity index is 431. The number of rotatable bonds is 12. The summed E-state index contributed by atoms with van der Waals surface area (Å²) in [4.78, 5) is 11.3. The molecular weight excluding hydrogens is 300 g/mol. The molecule has 0 bridgehead atoms. The third-order valence-electron chi connectivity index (χ3n) is 2.88. The van der Waals surface area contributed by atoms with Gasteiger partial charge in [-0.1, -0.05) is 6.92 Å². The first-order valence-corrected chi connectivity index (χ1v) is 7.79. The zero-order chi connectivity index (χ0) is 16.9. The zero-order valence-corrected chi connectivity index (χ0v) is 14.1. The first-order valence-electron chi connectivity index (χ1n) is 7.79. The molecule has 130 valence electrons. The zero-order valence-electron chi connectivity index (χ0n) is 14.1. The summed E-state index contributed by atoms with van der Waals surface area (Å²) in [7, 11) is 1.35. The van der Waals surface area contributed by atoms with Gasteiger partial charge in [0.2, 0.25) is 0 Å². The molecule has 1 unspecified atom stereocenters. The number of methoxy groups -OCH3 is 1. The summed E-state index contributed by atoms with van der Waals surface area (Å²) in [5.41, 5.74) is 0.479. The predicted octanol–water partition coefficient (Wildman–Crippen LogP) is 2.66. The second-order valence-corrected chi connectivity index (χ2v) is 4.80. The van der Waals surface area contributed by atoms with Crippen LogP contribution >= 0.6 is 0 Å². The van der Waals surface area contributed by atoms with Gasteiger partial charge in [0.25, 0.3) is 0 Å². The van der Waals surface area contributed by atoms with E-state index >= 15 is 0 Å². The summed E-state index contributed by atoms with van der Waals surface area (Å²) >= 11 is 0. The lowest BCUT2D eigenvalue weighted by atomic mass is 10.2. The van der Waals surface area contributed by atoms with Gasteiger partial charge in [-0.3, -0.25) is 0 Å². The quantitative estimate of drug-likeness (QED) is 0.334. The van der Waals surface area contributed by atoms with Crippen molar-refractivity contribution >= 4 is 5.97 Å². The molecule has 0 amide bonds. The molecule has 0 saturated carbocycles. The van der Waals surface area contributed by atoms with Crippen LogP contribution in [0.4, 0.5) is 0 Å². The molecule has 6 nitrogen and oxygen atoms in total. The maximum absolute atomic E-state index is 11.3. The van der Waals surface area contributed by atoms with Crippen LogP contribution in [0.1, 0.15) is 30.6 Å². The number of ether oxygens (including phenoxy) is 5. The number of benzene rings is 1. The highest BCUT2D eigenvalue weighted by molar-refractivity contribution is 5.89. The molecule has 0 aliphatic carbocycles. The average Bonchev–Trinajstić information content (AvgIpc) is 2.57. The molecular formula is C17H26O6. The van der Waals surface area contributed by atoms with E-state index in [0.717, 1.165) is 13.0 Å². The summed E-state index contributed by atoms with van der Waals surface area (Å²) in [5.74, 6) is 0.250. The lowest BCUT2D eigenvalue weighted by Crippen LogP contribution is -2.19. The first-order chi connectivity index (χ1) is 11.2. The highest BCUT2D eigenvalue weighted by Gasteiger charge is 2.07. The Morgan fingerprint density at radius 3 is 2.22 bits per heavy atom. The van der Waals surface area contributed by atoms with Gasteiger partial charge in [-0.05, 0) is 37.6 Å². The minimum Gasteiger partial charge on any atom is -0.465 e. The number of hydrogen-bond donors (Lipinski definition) is 0. The number of carbonyl (C=O) groups excluding carboxylic acids is 1. The predicted molar refractivity (Wildman–Crippen MR) is 85.8 cm³/mol. The Morgan fingerprint density at radius 1 is 1.00 bits per heavy atom. The van der Waals surface area contributed by atoms with Gasteiger partial charge in [0.05, 0.1) is 39.1 Å². The fourth-order valence-corrected chi connectivity index (χ4v) is 1.75. The third kappa shape index (κ3) is 8.54. The van der Waals surface area contributed by atoms with E-state index in [0.29, 0.717) is 37.7 Å². The van der Waals surface area contributed by atoms with E-state index in [1.807, 2.05) is 0 Å². The van der Waals surface area contributed by atoms with Crippen LogP contribution in [-0.2, 0) is 18.9 Å². The van der Waals surface area contributed by atoms with E-state index in [4.69, 9.17) is 18.9 Å². The van der Waals surface area contributed by atoms with Crippen molar-refractivity contribution in [3.63, 3.8) is 0 Å². The van der Waals surface area contributed by atoms with E-state index in [2.05, 4.69) is 11.7 Å². The van der Waals surface area contributed by atoms with E-state index in [-0.39, 0.29) is 5.97 Å². The number of hydrogen-bond acceptors (Lipinski definition) is 6. The van der Waals surface area contributed by atoms with Crippen molar-refractivity contribution in [1.82, 2.24) is 0 Å². The molecule has 1 aromatic rings. The van der Waals surface area contributed by atoms with Crippen molar-refractivity contribution in [3.8, 4) is 5.75 Å². The van der Waals surface area contributed by atoms with Crippen LogP contribution in [0.5, 0.6) is 5.75 Å². The number of carbonyl (C=O) groups is 1. The normalized spacial score (nSPS) is 12.0. The Balaban J connectivity index is 2.14. The second-order valence-electron chi connectivity index (χ2n) is 4.80. The minimum atomic E-state index is -0.404. The third-order valence-corrected chi connectivity index (χ3v) is 2.88. The lowest BCUT2D eigenvalue weighted by Gasteiger charge is -2.15.